The molecule has 2 aromatic carbocycles. The Bertz CT molecular complexity index is 939. The molecule has 0 fully saturated rings. The van der Waals surface area contributed by atoms with E-state index in [1.54, 1.807) is 12.1 Å². The van der Waals surface area contributed by atoms with Crippen molar-refractivity contribution >= 4 is 0 Å². The van der Waals surface area contributed by atoms with Crippen LogP contribution in [-0.2, 0) is 25.9 Å². The molecule has 3 aromatic rings. The van der Waals surface area contributed by atoms with E-state index in [-0.39, 0.29) is 11.6 Å². The maximum atomic E-state index is 13.2. The molecule has 138 valence electrons. The van der Waals surface area contributed by atoms with Crippen LogP contribution in [0.2, 0.25) is 0 Å². The molecule has 0 bridgehead atoms. The highest BCUT2D eigenvalue weighted by molar-refractivity contribution is 5.65. The summed E-state index contributed by atoms with van der Waals surface area (Å²) in [5, 5.41) is 9.60. The van der Waals surface area contributed by atoms with Crippen LogP contribution in [0.1, 0.15) is 29.6 Å². The van der Waals surface area contributed by atoms with E-state index in [9.17, 15) is 9.50 Å². The molecule has 0 saturated carbocycles. The number of phenolic OH excluding ortho intramolecular Hbond substituents is 1. The number of nitrogens with zero attached hydrogens (tertiary/aromatic N) is 3. The lowest BCUT2D eigenvalue weighted by Crippen LogP contribution is -2.31. The van der Waals surface area contributed by atoms with Crippen LogP contribution in [-0.4, -0.2) is 26.5 Å². The first-order valence-corrected chi connectivity index (χ1v) is 9.27. The van der Waals surface area contributed by atoms with Gasteiger partial charge in [0.15, 0.2) is 0 Å². The third-order valence-electron chi connectivity index (χ3n) is 4.96. The van der Waals surface area contributed by atoms with Gasteiger partial charge in [0, 0.05) is 43.6 Å². The number of hydrogen-bond donors (Lipinski definition) is 1. The molecule has 1 aromatic heterocycles. The van der Waals surface area contributed by atoms with Crippen molar-refractivity contribution in [2.45, 2.75) is 32.9 Å². The molecule has 27 heavy (non-hydrogen) atoms. The fourth-order valence-electron chi connectivity index (χ4n) is 3.52. The van der Waals surface area contributed by atoms with Crippen molar-refractivity contribution in [1.82, 2.24) is 14.9 Å². The van der Waals surface area contributed by atoms with Gasteiger partial charge in [-0.05, 0) is 42.0 Å². The van der Waals surface area contributed by atoms with Crippen LogP contribution in [0.15, 0.2) is 48.5 Å². The molecule has 0 aliphatic carbocycles. The molecule has 0 saturated heterocycles. The number of fused-ring (bicyclic) bond motifs is 1. The number of halogens is 1. The second kappa shape index (κ2) is 7.45. The van der Waals surface area contributed by atoms with Crippen molar-refractivity contribution in [3.8, 4) is 17.0 Å². The zero-order valence-electron chi connectivity index (χ0n) is 15.3. The molecule has 4 rings (SSSR count). The number of phenols is 1. The summed E-state index contributed by atoms with van der Waals surface area (Å²) in [4.78, 5) is 11.9. The molecule has 1 aliphatic rings. The van der Waals surface area contributed by atoms with Crippen molar-refractivity contribution < 1.29 is 9.50 Å². The minimum atomic E-state index is -0.210. The molecule has 2 heterocycles. The molecule has 1 aliphatic heterocycles. The number of rotatable bonds is 4. The van der Waals surface area contributed by atoms with Crippen LogP contribution in [0.4, 0.5) is 4.39 Å². The SMILES string of the molecule is CCc1nc2c(c(-c3ccc(O)cc3)n1)CN(Cc1ccc(F)cc1)CC2. The first-order chi connectivity index (χ1) is 13.1. The van der Waals surface area contributed by atoms with Crippen LogP contribution in [0.25, 0.3) is 11.3 Å². The number of aromatic hydroxyl groups is 1. The van der Waals surface area contributed by atoms with Crippen LogP contribution in [0.3, 0.4) is 0 Å². The van der Waals surface area contributed by atoms with Gasteiger partial charge in [-0.1, -0.05) is 19.1 Å². The van der Waals surface area contributed by atoms with E-state index in [1.165, 1.54) is 12.1 Å². The zero-order chi connectivity index (χ0) is 18.8. The van der Waals surface area contributed by atoms with Crippen LogP contribution < -0.4 is 0 Å². The lowest BCUT2D eigenvalue weighted by Gasteiger charge is -2.29. The molecule has 5 heteroatoms. The Hall–Kier alpha value is -2.79. The standard InChI is InChI=1S/C22H22FN3O/c1-2-21-24-20-11-12-26(13-15-3-7-17(23)8-4-15)14-19(20)22(25-21)16-5-9-18(27)10-6-16/h3-10,27H,2,11-14H2,1H3. The van der Waals surface area contributed by atoms with Crippen LogP contribution in [0, 0.1) is 5.82 Å². The third kappa shape index (κ3) is 3.83. The molecule has 0 unspecified atom stereocenters. The first kappa shape index (κ1) is 17.6. The summed E-state index contributed by atoms with van der Waals surface area (Å²) < 4.78 is 13.2. The number of hydrogen-bond acceptors (Lipinski definition) is 4. The fourth-order valence-corrected chi connectivity index (χ4v) is 3.52. The van der Waals surface area contributed by atoms with Gasteiger partial charge < -0.3 is 5.11 Å². The Morgan fingerprint density at radius 2 is 1.78 bits per heavy atom. The Balaban J connectivity index is 1.66. The van der Waals surface area contributed by atoms with E-state index in [0.717, 1.165) is 66.4 Å². The summed E-state index contributed by atoms with van der Waals surface area (Å²) in [5.74, 6) is 0.886. The van der Waals surface area contributed by atoms with Crippen molar-refractivity contribution in [2.75, 3.05) is 6.54 Å². The van der Waals surface area contributed by atoms with E-state index < -0.39 is 0 Å². The van der Waals surface area contributed by atoms with Gasteiger partial charge in [0.25, 0.3) is 0 Å². The minimum absolute atomic E-state index is 0.210. The monoisotopic (exact) mass is 363 g/mol. The maximum Gasteiger partial charge on any atom is 0.129 e. The van der Waals surface area contributed by atoms with Gasteiger partial charge in [0.05, 0.1) is 11.4 Å². The molecule has 0 amide bonds. The van der Waals surface area contributed by atoms with Gasteiger partial charge in [-0.15, -0.1) is 0 Å². The summed E-state index contributed by atoms with van der Waals surface area (Å²) in [6.45, 7) is 4.50. The van der Waals surface area contributed by atoms with Crippen LogP contribution in [0.5, 0.6) is 5.75 Å². The zero-order valence-corrected chi connectivity index (χ0v) is 15.3. The van der Waals surface area contributed by atoms with Gasteiger partial charge in [0.2, 0.25) is 0 Å². The highest BCUT2D eigenvalue weighted by Gasteiger charge is 2.23. The molecular formula is C22H22FN3O. The average molecular weight is 363 g/mol. The molecule has 0 radical (unpaired) electrons. The van der Waals surface area contributed by atoms with Gasteiger partial charge >= 0.3 is 0 Å². The third-order valence-corrected chi connectivity index (χ3v) is 4.96. The highest BCUT2D eigenvalue weighted by atomic mass is 19.1. The van der Waals surface area contributed by atoms with Crippen molar-refractivity contribution in [3.05, 3.63) is 77.0 Å². The quantitative estimate of drug-likeness (QED) is 0.758. The summed E-state index contributed by atoms with van der Waals surface area (Å²) in [7, 11) is 0. The van der Waals surface area contributed by atoms with Crippen LogP contribution >= 0.6 is 0 Å². The summed E-state index contributed by atoms with van der Waals surface area (Å²) in [5.41, 5.74) is 5.29. The second-order valence-corrected chi connectivity index (χ2v) is 6.90. The molecule has 1 N–H and O–H groups in total. The van der Waals surface area contributed by atoms with E-state index in [4.69, 9.17) is 9.97 Å². The number of aromatic nitrogens is 2. The molecule has 0 spiro atoms. The Labute approximate surface area is 158 Å². The largest absolute Gasteiger partial charge is 0.508 e. The number of aryl methyl sites for hydroxylation is 1. The van der Waals surface area contributed by atoms with Crippen molar-refractivity contribution in [3.63, 3.8) is 0 Å². The molecule has 0 atom stereocenters. The van der Waals surface area contributed by atoms with Crippen molar-refractivity contribution in [2.24, 2.45) is 0 Å². The topological polar surface area (TPSA) is 49.3 Å². The smallest absolute Gasteiger partial charge is 0.129 e. The molecular weight excluding hydrogens is 341 g/mol. The normalized spacial score (nSPS) is 14.1. The minimum Gasteiger partial charge on any atom is -0.508 e. The van der Waals surface area contributed by atoms with E-state index in [1.807, 2.05) is 24.3 Å². The lowest BCUT2D eigenvalue weighted by molar-refractivity contribution is 0.243. The highest BCUT2D eigenvalue weighted by Crippen LogP contribution is 2.30. The Kier molecular flexibility index (Phi) is 4.86. The van der Waals surface area contributed by atoms with Gasteiger partial charge in [-0.3, -0.25) is 4.90 Å². The van der Waals surface area contributed by atoms with E-state index in [2.05, 4.69) is 11.8 Å². The lowest BCUT2D eigenvalue weighted by atomic mass is 9.98. The maximum absolute atomic E-state index is 13.2. The van der Waals surface area contributed by atoms with E-state index in [0.29, 0.717) is 0 Å². The predicted octanol–water partition coefficient (Wildman–Crippen LogP) is 4.11. The summed E-state index contributed by atoms with van der Waals surface area (Å²) in [6, 6.07) is 13.9. The Morgan fingerprint density at radius 1 is 1.04 bits per heavy atom. The Morgan fingerprint density at radius 3 is 2.48 bits per heavy atom. The first-order valence-electron chi connectivity index (χ1n) is 9.27. The van der Waals surface area contributed by atoms with E-state index >= 15 is 0 Å². The number of benzene rings is 2. The average Bonchev–Trinajstić information content (AvgIpc) is 2.69. The second-order valence-electron chi connectivity index (χ2n) is 6.90. The van der Waals surface area contributed by atoms with Gasteiger partial charge in [-0.25, -0.2) is 14.4 Å². The van der Waals surface area contributed by atoms with Gasteiger partial charge in [0.1, 0.15) is 17.4 Å². The molecule has 4 nitrogen and oxygen atoms in total. The predicted molar refractivity (Wildman–Crippen MR) is 103 cm³/mol. The summed E-state index contributed by atoms with van der Waals surface area (Å²) in [6.07, 6.45) is 1.66. The van der Waals surface area contributed by atoms with Crippen molar-refractivity contribution in [1.29, 1.82) is 0 Å². The van der Waals surface area contributed by atoms with Gasteiger partial charge in [-0.2, -0.15) is 0 Å². The summed E-state index contributed by atoms with van der Waals surface area (Å²) >= 11 is 0. The fraction of sp³-hybridized carbons (Fsp3) is 0.273.